The van der Waals surface area contributed by atoms with Crippen molar-refractivity contribution in [1.82, 2.24) is 10.6 Å². The monoisotopic (exact) mass is 368 g/mol. The highest BCUT2D eigenvalue weighted by atomic mass is 16.2. The molecule has 2 aromatic carbocycles. The van der Waals surface area contributed by atoms with Crippen LogP contribution in [0.25, 0.3) is 0 Å². The summed E-state index contributed by atoms with van der Waals surface area (Å²) in [7, 11) is 0. The third-order valence-corrected chi connectivity index (χ3v) is 3.93. The van der Waals surface area contributed by atoms with E-state index in [-0.39, 0.29) is 17.8 Å². The number of carbonyl (C=O) groups excluding carboxylic acids is 3. The molecule has 0 fully saturated rings. The van der Waals surface area contributed by atoms with Crippen LogP contribution in [-0.4, -0.2) is 30.9 Å². The van der Waals surface area contributed by atoms with E-state index < -0.39 is 0 Å². The van der Waals surface area contributed by atoms with Gasteiger partial charge in [0.1, 0.15) is 0 Å². The van der Waals surface area contributed by atoms with E-state index in [4.69, 9.17) is 0 Å². The zero-order valence-electron chi connectivity index (χ0n) is 15.7. The first-order valence-electron chi connectivity index (χ1n) is 8.63. The lowest BCUT2D eigenvalue weighted by atomic mass is 10.1. The molecule has 0 aliphatic rings. The molecular formula is C20H24N4O3. The second-order valence-electron chi connectivity index (χ2n) is 6.19. The molecule has 0 saturated carbocycles. The minimum atomic E-state index is -0.327. The lowest BCUT2D eigenvalue weighted by Crippen LogP contribution is -2.36. The summed E-state index contributed by atoms with van der Waals surface area (Å²) in [6.45, 7) is 6.01. The summed E-state index contributed by atoms with van der Waals surface area (Å²) in [5, 5.41) is 10.8. The van der Waals surface area contributed by atoms with Crippen molar-refractivity contribution in [2.45, 2.75) is 20.8 Å². The van der Waals surface area contributed by atoms with Crippen LogP contribution in [-0.2, 0) is 4.79 Å². The predicted molar refractivity (Wildman–Crippen MR) is 106 cm³/mol. The van der Waals surface area contributed by atoms with Crippen molar-refractivity contribution >= 4 is 29.2 Å². The summed E-state index contributed by atoms with van der Waals surface area (Å²) in [5.41, 5.74) is 4.09. The van der Waals surface area contributed by atoms with E-state index in [1.807, 2.05) is 32.0 Å². The maximum absolute atomic E-state index is 12.1. The largest absolute Gasteiger partial charge is 0.350 e. The minimum absolute atomic E-state index is 0.169. The van der Waals surface area contributed by atoms with Crippen LogP contribution in [0, 0.1) is 13.8 Å². The Kier molecular flexibility index (Phi) is 6.93. The number of nitrogens with one attached hydrogen (secondary N) is 4. The number of carbonyl (C=O) groups is 3. The lowest BCUT2D eigenvalue weighted by molar-refractivity contribution is -0.114. The maximum Gasteiger partial charge on any atom is 0.319 e. The van der Waals surface area contributed by atoms with Crippen molar-refractivity contribution in [2.75, 3.05) is 23.7 Å². The van der Waals surface area contributed by atoms with E-state index >= 15 is 0 Å². The minimum Gasteiger partial charge on any atom is -0.350 e. The molecule has 0 spiro atoms. The van der Waals surface area contributed by atoms with Gasteiger partial charge in [-0.05, 0) is 61.4 Å². The summed E-state index contributed by atoms with van der Waals surface area (Å²) in [4.78, 5) is 34.9. The molecule has 0 bridgehead atoms. The molecular weight excluding hydrogens is 344 g/mol. The van der Waals surface area contributed by atoms with E-state index in [0.717, 1.165) is 16.8 Å². The number of anilines is 2. The molecule has 7 heteroatoms. The molecule has 142 valence electrons. The van der Waals surface area contributed by atoms with Crippen molar-refractivity contribution in [3.05, 3.63) is 59.2 Å². The van der Waals surface area contributed by atoms with Crippen LogP contribution in [0.2, 0.25) is 0 Å². The first kappa shape index (κ1) is 20.0. The number of rotatable bonds is 6. The van der Waals surface area contributed by atoms with E-state index in [1.165, 1.54) is 6.92 Å². The normalized spacial score (nSPS) is 10.0. The fourth-order valence-electron chi connectivity index (χ4n) is 2.36. The third kappa shape index (κ3) is 6.47. The van der Waals surface area contributed by atoms with Gasteiger partial charge in [-0.3, -0.25) is 9.59 Å². The molecule has 0 unspecified atom stereocenters. The SMILES string of the molecule is CC(=O)Nc1ccc(C(=O)NCCNC(=O)Nc2ccc(C)c(C)c2)cc1. The Morgan fingerprint density at radius 2 is 1.41 bits per heavy atom. The van der Waals surface area contributed by atoms with Gasteiger partial charge >= 0.3 is 6.03 Å². The number of amides is 4. The van der Waals surface area contributed by atoms with E-state index in [2.05, 4.69) is 21.3 Å². The molecule has 0 aliphatic carbocycles. The van der Waals surface area contributed by atoms with Crippen LogP contribution in [0.4, 0.5) is 16.2 Å². The average molecular weight is 368 g/mol. The molecule has 2 rings (SSSR count). The van der Waals surface area contributed by atoms with Crippen LogP contribution < -0.4 is 21.3 Å². The van der Waals surface area contributed by atoms with Crippen molar-refractivity contribution in [1.29, 1.82) is 0 Å². The van der Waals surface area contributed by atoms with Gasteiger partial charge < -0.3 is 21.3 Å². The first-order chi connectivity index (χ1) is 12.8. The second-order valence-corrected chi connectivity index (χ2v) is 6.19. The Bertz CT molecular complexity index is 832. The van der Waals surface area contributed by atoms with Gasteiger partial charge in [-0.15, -0.1) is 0 Å². The molecule has 7 nitrogen and oxygen atoms in total. The molecule has 0 radical (unpaired) electrons. The number of hydrogen-bond acceptors (Lipinski definition) is 3. The highest BCUT2D eigenvalue weighted by molar-refractivity contribution is 5.95. The van der Waals surface area contributed by atoms with Crippen molar-refractivity contribution in [2.24, 2.45) is 0 Å². The van der Waals surface area contributed by atoms with E-state index in [9.17, 15) is 14.4 Å². The van der Waals surface area contributed by atoms with E-state index in [0.29, 0.717) is 24.3 Å². The Morgan fingerprint density at radius 1 is 0.778 bits per heavy atom. The fourth-order valence-corrected chi connectivity index (χ4v) is 2.36. The summed E-state index contributed by atoms with van der Waals surface area (Å²) >= 11 is 0. The smallest absolute Gasteiger partial charge is 0.319 e. The average Bonchev–Trinajstić information content (AvgIpc) is 2.62. The van der Waals surface area contributed by atoms with Crippen molar-refractivity contribution < 1.29 is 14.4 Å². The Hall–Kier alpha value is -3.35. The summed E-state index contributed by atoms with van der Waals surface area (Å²) in [6, 6.07) is 11.9. The van der Waals surface area contributed by atoms with Crippen LogP contribution in [0.15, 0.2) is 42.5 Å². The highest BCUT2D eigenvalue weighted by Crippen LogP contribution is 2.13. The number of hydrogen-bond donors (Lipinski definition) is 4. The Morgan fingerprint density at radius 3 is 2.04 bits per heavy atom. The van der Waals surface area contributed by atoms with Gasteiger partial charge in [0.05, 0.1) is 0 Å². The van der Waals surface area contributed by atoms with Crippen LogP contribution in [0.1, 0.15) is 28.4 Å². The maximum atomic E-state index is 12.1. The summed E-state index contributed by atoms with van der Waals surface area (Å²) in [5.74, 6) is -0.418. The zero-order valence-corrected chi connectivity index (χ0v) is 15.7. The molecule has 4 amide bonds. The van der Waals surface area contributed by atoms with Gasteiger partial charge in [0, 0.05) is 37.0 Å². The van der Waals surface area contributed by atoms with Gasteiger partial charge in [0.2, 0.25) is 5.91 Å². The number of benzene rings is 2. The first-order valence-corrected chi connectivity index (χ1v) is 8.63. The van der Waals surface area contributed by atoms with Gasteiger partial charge in [-0.25, -0.2) is 4.79 Å². The molecule has 2 aromatic rings. The molecule has 0 saturated heterocycles. The summed E-state index contributed by atoms with van der Waals surface area (Å²) < 4.78 is 0. The molecule has 4 N–H and O–H groups in total. The summed E-state index contributed by atoms with van der Waals surface area (Å²) in [6.07, 6.45) is 0. The Balaban J connectivity index is 1.72. The van der Waals surface area contributed by atoms with Gasteiger partial charge in [-0.1, -0.05) is 6.07 Å². The quantitative estimate of drug-likeness (QED) is 0.590. The molecule has 0 heterocycles. The second kappa shape index (κ2) is 9.38. The standard InChI is InChI=1S/C20H24N4O3/c1-13-4-7-18(12-14(13)2)24-20(27)22-11-10-21-19(26)16-5-8-17(9-6-16)23-15(3)25/h4-9,12H,10-11H2,1-3H3,(H,21,26)(H,23,25)(H2,22,24,27). The molecule has 0 aliphatic heterocycles. The predicted octanol–water partition coefficient (Wildman–Crippen LogP) is 2.81. The van der Waals surface area contributed by atoms with Crippen LogP contribution >= 0.6 is 0 Å². The van der Waals surface area contributed by atoms with Crippen molar-refractivity contribution in [3.63, 3.8) is 0 Å². The van der Waals surface area contributed by atoms with Crippen LogP contribution in [0.5, 0.6) is 0 Å². The molecule has 0 atom stereocenters. The Labute approximate surface area is 158 Å². The van der Waals surface area contributed by atoms with Gasteiger partial charge in [-0.2, -0.15) is 0 Å². The van der Waals surface area contributed by atoms with Gasteiger partial charge in [0.25, 0.3) is 5.91 Å². The highest BCUT2D eigenvalue weighted by Gasteiger charge is 2.06. The third-order valence-electron chi connectivity index (χ3n) is 3.93. The van der Waals surface area contributed by atoms with Gasteiger partial charge in [0.15, 0.2) is 0 Å². The van der Waals surface area contributed by atoms with Crippen molar-refractivity contribution in [3.8, 4) is 0 Å². The zero-order chi connectivity index (χ0) is 19.8. The molecule has 27 heavy (non-hydrogen) atoms. The number of aryl methyl sites for hydroxylation is 2. The van der Waals surface area contributed by atoms with Crippen LogP contribution in [0.3, 0.4) is 0 Å². The lowest BCUT2D eigenvalue weighted by Gasteiger charge is -2.10. The topological polar surface area (TPSA) is 99.3 Å². The van der Waals surface area contributed by atoms with E-state index in [1.54, 1.807) is 24.3 Å². The molecule has 0 aromatic heterocycles. The fraction of sp³-hybridized carbons (Fsp3) is 0.250. The number of urea groups is 1.